The van der Waals surface area contributed by atoms with Crippen LogP contribution in [-0.4, -0.2) is 31.6 Å². The fraction of sp³-hybridized carbons (Fsp3) is 0.412. The standard InChI is InChI=1S/C17H24N2S/c1-15-6-3-4-7-16(15)14-19(2)12-11-18-10-9-17-8-5-13-20-17/h3-8,13,18H,9-12,14H2,1-2H3. The van der Waals surface area contributed by atoms with Crippen LogP contribution < -0.4 is 5.32 Å². The summed E-state index contributed by atoms with van der Waals surface area (Å²) >= 11 is 1.84. The molecule has 1 N–H and O–H groups in total. The Hall–Kier alpha value is -1.16. The summed E-state index contributed by atoms with van der Waals surface area (Å²) in [6.45, 7) is 6.41. The molecule has 1 aromatic heterocycles. The van der Waals surface area contributed by atoms with Crippen LogP contribution >= 0.6 is 11.3 Å². The number of benzene rings is 1. The van der Waals surface area contributed by atoms with Crippen LogP contribution in [0.15, 0.2) is 41.8 Å². The molecule has 0 bridgehead atoms. The van der Waals surface area contributed by atoms with Gasteiger partial charge in [0.05, 0.1) is 0 Å². The summed E-state index contributed by atoms with van der Waals surface area (Å²) in [4.78, 5) is 3.84. The molecule has 2 nitrogen and oxygen atoms in total. The van der Waals surface area contributed by atoms with Crippen molar-refractivity contribution >= 4 is 11.3 Å². The third-order valence-corrected chi connectivity index (χ3v) is 4.44. The van der Waals surface area contributed by atoms with E-state index in [-0.39, 0.29) is 0 Å². The van der Waals surface area contributed by atoms with Crippen molar-refractivity contribution in [3.63, 3.8) is 0 Å². The second kappa shape index (κ2) is 8.20. The van der Waals surface area contributed by atoms with Crippen molar-refractivity contribution in [3.8, 4) is 0 Å². The first-order valence-corrected chi connectivity index (χ1v) is 8.10. The topological polar surface area (TPSA) is 15.3 Å². The quantitative estimate of drug-likeness (QED) is 0.750. The molecule has 0 amide bonds. The van der Waals surface area contributed by atoms with Crippen molar-refractivity contribution in [2.45, 2.75) is 19.9 Å². The Labute approximate surface area is 126 Å². The third-order valence-electron chi connectivity index (χ3n) is 3.50. The van der Waals surface area contributed by atoms with Crippen LogP contribution in [0.2, 0.25) is 0 Å². The molecule has 2 aromatic rings. The van der Waals surface area contributed by atoms with Gasteiger partial charge in [-0.25, -0.2) is 0 Å². The second-order valence-electron chi connectivity index (χ2n) is 5.24. The van der Waals surface area contributed by atoms with E-state index in [1.54, 1.807) is 0 Å². The first-order chi connectivity index (χ1) is 9.75. The molecule has 0 aliphatic heterocycles. The number of nitrogens with one attached hydrogen (secondary N) is 1. The van der Waals surface area contributed by atoms with E-state index in [4.69, 9.17) is 0 Å². The molecule has 1 heterocycles. The predicted octanol–water partition coefficient (Wildman–Crippen LogP) is 3.32. The molecular formula is C17H24N2S. The Morgan fingerprint density at radius 2 is 1.95 bits per heavy atom. The number of aryl methyl sites for hydroxylation is 1. The van der Waals surface area contributed by atoms with E-state index in [0.29, 0.717) is 0 Å². The van der Waals surface area contributed by atoms with Gasteiger partial charge in [0.15, 0.2) is 0 Å². The van der Waals surface area contributed by atoms with E-state index in [2.05, 4.69) is 66.0 Å². The zero-order chi connectivity index (χ0) is 14.2. The molecule has 0 aliphatic carbocycles. The van der Waals surface area contributed by atoms with Crippen LogP contribution in [0, 0.1) is 6.92 Å². The van der Waals surface area contributed by atoms with Crippen molar-refractivity contribution in [1.29, 1.82) is 0 Å². The molecule has 0 aliphatic rings. The van der Waals surface area contributed by atoms with Gasteiger partial charge < -0.3 is 10.2 Å². The van der Waals surface area contributed by atoms with E-state index < -0.39 is 0 Å². The highest BCUT2D eigenvalue weighted by Crippen LogP contribution is 2.09. The van der Waals surface area contributed by atoms with Crippen molar-refractivity contribution in [2.75, 3.05) is 26.7 Å². The van der Waals surface area contributed by atoms with Gasteiger partial charge >= 0.3 is 0 Å². The lowest BCUT2D eigenvalue weighted by atomic mass is 10.1. The maximum absolute atomic E-state index is 3.52. The fourth-order valence-electron chi connectivity index (χ4n) is 2.22. The average Bonchev–Trinajstić information content (AvgIpc) is 2.94. The summed E-state index contributed by atoms with van der Waals surface area (Å²) in [7, 11) is 2.19. The fourth-order valence-corrected chi connectivity index (χ4v) is 2.93. The third kappa shape index (κ3) is 5.08. The van der Waals surface area contributed by atoms with Crippen LogP contribution in [0.1, 0.15) is 16.0 Å². The van der Waals surface area contributed by atoms with Crippen LogP contribution in [0.5, 0.6) is 0 Å². The number of nitrogens with zero attached hydrogens (tertiary/aromatic N) is 1. The summed E-state index contributed by atoms with van der Waals surface area (Å²) < 4.78 is 0. The first-order valence-electron chi connectivity index (χ1n) is 7.22. The van der Waals surface area contributed by atoms with Gasteiger partial charge in [0.1, 0.15) is 0 Å². The van der Waals surface area contributed by atoms with E-state index in [0.717, 1.165) is 32.6 Å². The SMILES string of the molecule is Cc1ccccc1CN(C)CCNCCc1cccs1. The number of likely N-dealkylation sites (N-methyl/N-ethyl adjacent to an activating group) is 1. The molecule has 0 fully saturated rings. The largest absolute Gasteiger partial charge is 0.315 e. The molecule has 20 heavy (non-hydrogen) atoms. The van der Waals surface area contributed by atoms with Crippen molar-refractivity contribution in [1.82, 2.24) is 10.2 Å². The van der Waals surface area contributed by atoms with E-state index in [1.165, 1.54) is 16.0 Å². The molecule has 0 radical (unpaired) electrons. The minimum Gasteiger partial charge on any atom is -0.315 e. The van der Waals surface area contributed by atoms with E-state index >= 15 is 0 Å². The Morgan fingerprint density at radius 3 is 2.70 bits per heavy atom. The van der Waals surface area contributed by atoms with Crippen molar-refractivity contribution < 1.29 is 0 Å². The highest BCUT2D eigenvalue weighted by molar-refractivity contribution is 7.09. The first kappa shape index (κ1) is 15.2. The lowest BCUT2D eigenvalue weighted by Gasteiger charge is -2.18. The van der Waals surface area contributed by atoms with Gasteiger partial charge in [-0.1, -0.05) is 30.3 Å². The zero-order valence-corrected chi connectivity index (χ0v) is 13.2. The minimum atomic E-state index is 1.03. The highest BCUT2D eigenvalue weighted by atomic mass is 32.1. The lowest BCUT2D eigenvalue weighted by Crippen LogP contribution is -2.30. The number of hydrogen-bond acceptors (Lipinski definition) is 3. The molecule has 0 unspecified atom stereocenters. The molecule has 0 saturated heterocycles. The Kier molecular flexibility index (Phi) is 6.25. The van der Waals surface area contributed by atoms with Gasteiger partial charge in [0, 0.05) is 31.1 Å². The summed E-state index contributed by atoms with van der Waals surface area (Å²) in [5.74, 6) is 0. The molecule has 108 valence electrons. The summed E-state index contributed by atoms with van der Waals surface area (Å²) in [5, 5.41) is 5.66. The normalized spacial score (nSPS) is 11.2. The maximum atomic E-state index is 3.52. The number of hydrogen-bond donors (Lipinski definition) is 1. The summed E-state index contributed by atoms with van der Waals surface area (Å²) in [6, 6.07) is 12.9. The van der Waals surface area contributed by atoms with Gasteiger partial charge in [-0.05, 0) is 43.0 Å². The van der Waals surface area contributed by atoms with Crippen molar-refractivity contribution in [3.05, 3.63) is 57.8 Å². The monoisotopic (exact) mass is 288 g/mol. The lowest BCUT2D eigenvalue weighted by molar-refractivity contribution is 0.324. The van der Waals surface area contributed by atoms with Gasteiger partial charge in [0.25, 0.3) is 0 Å². The number of rotatable bonds is 8. The molecule has 1 aromatic carbocycles. The minimum absolute atomic E-state index is 1.03. The average molecular weight is 288 g/mol. The smallest absolute Gasteiger partial charge is 0.0233 e. The summed E-state index contributed by atoms with van der Waals surface area (Å²) in [6.07, 6.45) is 1.14. The van der Waals surface area contributed by atoms with Crippen molar-refractivity contribution in [2.24, 2.45) is 0 Å². The predicted molar refractivity (Wildman–Crippen MR) is 88.4 cm³/mol. The molecule has 0 spiro atoms. The van der Waals surface area contributed by atoms with Gasteiger partial charge in [-0.15, -0.1) is 11.3 Å². The van der Waals surface area contributed by atoms with Gasteiger partial charge in [-0.2, -0.15) is 0 Å². The van der Waals surface area contributed by atoms with Crippen LogP contribution in [-0.2, 0) is 13.0 Å². The maximum Gasteiger partial charge on any atom is 0.0233 e. The second-order valence-corrected chi connectivity index (χ2v) is 6.28. The highest BCUT2D eigenvalue weighted by Gasteiger charge is 2.02. The van der Waals surface area contributed by atoms with Gasteiger partial charge in [-0.3, -0.25) is 0 Å². The molecular weight excluding hydrogens is 264 g/mol. The Balaban J connectivity index is 1.60. The molecule has 3 heteroatoms. The molecule has 0 atom stereocenters. The molecule has 0 saturated carbocycles. The van der Waals surface area contributed by atoms with Crippen LogP contribution in [0.25, 0.3) is 0 Å². The molecule has 2 rings (SSSR count). The van der Waals surface area contributed by atoms with E-state index in [1.807, 2.05) is 11.3 Å². The summed E-state index contributed by atoms with van der Waals surface area (Å²) in [5.41, 5.74) is 2.80. The van der Waals surface area contributed by atoms with Gasteiger partial charge in [0.2, 0.25) is 0 Å². The number of thiophene rings is 1. The van der Waals surface area contributed by atoms with Crippen LogP contribution in [0.3, 0.4) is 0 Å². The van der Waals surface area contributed by atoms with E-state index in [9.17, 15) is 0 Å². The van der Waals surface area contributed by atoms with Crippen LogP contribution in [0.4, 0.5) is 0 Å². The zero-order valence-electron chi connectivity index (χ0n) is 12.4. The Bertz CT molecular complexity index is 493. The Morgan fingerprint density at radius 1 is 1.10 bits per heavy atom.